The van der Waals surface area contributed by atoms with Crippen LogP contribution in [0.2, 0.25) is 0 Å². The molecule has 0 aliphatic heterocycles. The lowest BCUT2D eigenvalue weighted by atomic mass is 9.73. The minimum Gasteiger partial charge on any atom is -0.232 e. The van der Waals surface area contributed by atoms with Gasteiger partial charge in [-0.25, -0.2) is 4.57 Å². The molecule has 4 rings (SSSR count). The molecule has 2 fully saturated rings. The lowest BCUT2D eigenvalue weighted by Crippen LogP contribution is -2.35. The van der Waals surface area contributed by atoms with Gasteiger partial charge in [-0.2, -0.15) is 0 Å². The molecule has 2 aromatic rings. The van der Waals surface area contributed by atoms with Gasteiger partial charge in [0.25, 0.3) is 6.33 Å². The van der Waals surface area contributed by atoms with Crippen LogP contribution >= 0.6 is 0 Å². The Bertz CT molecular complexity index is 856. The second-order valence-electron chi connectivity index (χ2n) is 9.71. The summed E-state index contributed by atoms with van der Waals surface area (Å²) >= 11 is 0. The van der Waals surface area contributed by atoms with Crippen LogP contribution in [-0.4, -0.2) is 4.98 Å². The number of hydrogen-bond donors (Lipinski definition) is 0. The number of hydrogen-bond acceptors (Lipinski definition) is 1. The van der Waals surface area contributed by atoms with Crippen LogP contribution in [0.3, 0.4) is 0 Å². The first-order valence-corrected chi connectivity index (χ1v) is 11.4. The highest BCUT2D eigenvalue weighted by Crippen LogP contribution is 2.53. The van der Waals surface area contributed by atoms with E-state index in [0.29, 0.717) is 5.92 Å². The third-order valence-corrected chi connectivity index (χ3v) is 7.97. The van der Waals surface area contributed by atoms with Crippen molar-refractivity contribution < 1.29 is 4.57 Å². The van der Waals surface area contributed by atoms with Crippen molar-refractivity contribution in [3.05, 3.63) is 47.4 Å². The fourth-order valence-corrected chi connectivity index (χ4v) is 6.30. The molecule has 2 aliphatic carbocycles. The number of aryl methyl sites for hydroxylation is 1. The molecular weight excluding hydrogens is 340 g/mol. The van der Waals surface area contributed by atoms with E-state index in [4.69, 9.17) is 4.98 Å². The second kappa shape index (κ2) is 7.61. The monoisotopic (exact) mass is 377 g/mol. The van der Waals surface area contributed by atoms with Crippen LogP contribution in [-0.2, 0) is 12.5 Å². The van der Waals surface area contributed by atoms with Crippen LogP contribution in [0.25, 0.3) is 11.3 Å². The average Bonchev–Trinajstić information content (AvgIpc) is 3.32. The number of nitrogens with zero attached hydrogens (tertiary/aromatic N) is 2. The maximum atomic E-state index is 4.98. The van der Waals surface area contributed by atoms with Gasteiger partial charge in [-0.1, -0.05) is 62.9 Å². The standard InChI is InChI=1S/C26H37N2/c1-6-14-26(4,7-2)23-11-9-8-10-21(23)25-18(3)24(27-17-28(25)5)22-16-19-12-13-20(22)15-19/h8-11,17,19-20,22H,6-7,12-16H2,1-5H3/q+1. The van der Waals surface area contributed by atoms with Crippen molar-refractivity contribution in [2.75, 3.05) is 0 Å². The third kappa shape index (κ3) is 3.19. The zero-order valence-electron chi connectivity index (χ0n) is 18.5. The predicted molar refractivity (Wildman–Crippen MR) is 116 cm³/mol. The molecule has 28 heavy (non-hydrogen) atoms. The van der Waals surface area contributed by atoms with Crippen molar-refractivity contribution in [3.8, 4) is 11.3 Å². The number of rotatable bonds is 6. The van der Waals surface area contributed by atoms with Crippen LogP contribution in [0, 0.1) is 18.8 Å². The topological polar surface area (TPSA) is 16.8 Å². The van der Waals surface area contributed by atoms with Crippen molar-refractivity contribution in [1.29, 1.82) is 0 Å². The molecule has 0 amide bonds. The fraction of sp³-hybridized carbons (Fsp3) is 0.615. The molecular formula is C26H37N2+. The summed E-state index contributed by atoms with van der Waals surface area (Å²) in [7, 11) is 2.17. The Labute approximate surface area is 171 Å². The van der Waals surface area contributed by atoms with Crippen LogP contribution in [0.15, 0.2) is 30.6 Å². The lowest BCUT2D eigenvalue weighted by molar-refractivity contribution is -0.663. The molecule has 2 bridgehead atoms. The molecule has 4 unspecified atom stereocenters. The summed E-state index contributed by atoms with van der Waals surface area (Å²) in [6.45, 7) is 9.42. The first-order chi connectivity index (χ1) is 13.5. The Morgan fingerprint density at radius 3 is 2.57 bits per heavy atom. The molecule has 2 aliphatic rings. The Morgan fingerprint density at radius 2 is 1.93 bits per heavy atom. The molecule has 150 valence electrons. The number of fused-ring (bicyclic) bond motifs is 2. The summed E-state index contributed by atoms with van der Waals surface area (Å²) in [5.41, 5.74) is 7.30. The summed E-state index contributed by atoms with van der Waals surface area (Å²) in [5, 5.41) is 0. The molecule has 1 heterocycles. The number of aromatic nitrogens is 2. The molecule has 2 saturated carbocycles. The fourth-order valence-electron chi connectivity index (χ4n) is 6.30. The van der Waals surface area contributed by atoms with E-state index < -0.39 is 0 Å². The van der Waals surface area contributed by atoms with Crippen LogP contribution in [0.5, 0.6) is 0 Å². The molecule has 2 nitrogen and oxygen atoms in total. The summed E-state index contributed by atoms with van der Waals surface area (Å²) in [6.07, 6.45) is 11.3. The Morgan fingerprint density at radius 1 is 1.14 bits per heavy atom. The van der Waals surface area contributed by atoms with Crippen molar-refractivity contribution in [3.63, 3.8) is 0 Å². The highest BCUT2D eigenvalue weighted by Gasteiger charge is 2.44. The van der Waals surface area contributed by atoms with Gasteiger partial charge >= 0.3 is 0 Å². The maximum Gasteiger partial charge on any atom is 0.286 e. The molecule has 2 heteroatoms. The van der Waals surface area contributed by atoms with E-state index in [1.54, 1.807) is 0 Å². The zero-order chi connectivity index (χ0) is 19.9. The van der Waals surface area contributed by atoms with Gasteiger partial charge in [-0.3, -0.25) is 0 Å². The minimum atomic E-state index is 0.223. The molecule has 1 aromatic carbocycles. The number of benzene rings is 1. The summed E-state index contributed by atoms with van der Waals surface area (Å²) in [4.78, 5) is 4.98. The van der Waals surface area contributed by atoms with E-state index in [1.165, 1.54) is 73.0 Å². The second-order valence-corrected chi connectivity index (χ2v) is 9.71. The van der Waals surface area contributed by atoms with Crippen LogP contribution < -0.4 is 4.57 Å². The average molecular weight is 378 g/mol. The molecule has 0 N–H and O–H groups in total. The van der Waals surface area contributed by atoms with E-state index in [1.807, 2.05) is 0 Å². The first-order valence-electron chi connectivity index (χ1n) is 11.4. The van der Waals surface area contributed by atoms with E-state index in [0.717, 1.165) is 11.8 Å². The summed E-state index contributed by atoms with van der Waals surface area (Å²) in [6, 6.07) is 9.13. The third-order valence-electron chi connectivity index (χ3n) is 7.97. The normalized spacial score (nSPS) is 25.8. The van der Waals surface area contributed by atoms with Gasteiger partial charge in [-0.15, -0.1) is 0 Å². The predicted octanol–water partition coefficient (Wildman–Crippen LogP) is 6.25. The molecule has 0 saturated heterocycles. The largest absolute Gasteiger partial charge is 0.286 e. The Balaban J connectivity index is 1.83. The van der Waals surface area contributed by atoms with E-state index in [-0.39, 0.29) is 5.41 Å². The van der Waals surface area contributed by atoms with Gasteiger partial charge in [0.05, 0.1) is 7.05 Å². The van der Waals surface area contributed by atoms with E-state index >= 15 is 0 Å². The highest BCUT2D eigenvalue weighted by atomic mass is 15.0. The minimum absolute atomic E-state index is 0.223. The van der Waals surface area contributed by atoms with Crippen molar-refractivity contribution in [2.45, 2.75) is 84.0 Å². The van der Waals surface area contributed by atoms with Gasteiger partial charge in [0.2, 0.25) is 0 Å². The Kier molecular flexibility index (Phi) is 5.33. The quantitative estimate of drug-likeness (QED) is 0.543. The van der Waals surface area contributed by atoms with Crippen molar-refractivity contribution in [2.24, 2.45) is 18.9 Å². The first kappa shape index (κ1) is 19.6. The zero-order valence-corrected chi connectivity index (χ0v) is 18.5. The maximum absolute atomic E-state index is 4.98. The van der Waals surface area contributed by atoms with E-state index in [2.05, 4.69) is 69.9 Å². The lowest BCUT2D eigenvalue weighted by Gasteiger charge is -2.31. The molecule has 4 atom stereocenters. The summed E-state index contributed by atoms with van der Waals surface area (Å²) < 4.78 is 2.26. The SMILES string of the molecule is CCCC(C)(CC)c1ccccc1-c1c(C)c(C2CC3CCC2C3)nc[n+]1C. The summed E-state index contributed by atoms with van der Waals surface area (Å²) in [5.74, 6) is 2.50. The van der Waals surface area contributed by atoms with Crippen LogP contribution in [0.4, 0.5) is 0 Å². The van der Waals surface area contributed by atoms with Crippen LogP contribution in [0.1, 0.15) is 88.5 Å². The molecule has 0 spiro atoms. The highest BCUT2D eigenvalue weighted by molar-refractivity contribution is 5.66. The smallest absolute Gasteiger partial charge is 0.232 e. The molecule has 1 aromatic heterocycles. The van der Waals surface area contributed by atoms with Crippen molar-refractivity contribution >= 4 is 0 Å². The van der Waals surface area contributed by atoms with Gasteiger partial charge in [-0.05, 0) is 61.8 Å². The van der Waals surface area contributed by atoms with Gasteiger partial charge in [0.1, 0.15) is 5.69 Å². The Hall–Kier alpha value is -1.70. The molecule has 0 radical (unpaired) electrons. The van der Waals surface area contributed by atoms with Crippen molar-refractivity contribution in [1.82, 2.24) is 4.98 Å². The van der Waals surface area contributed by atoms with Gasteiger partial charge in [0.15, 0.2) is 5.69 Å². The van der Waals surface area contributed by atoms with E-state index in [9.17, 15) is 0 Å². The van der Waals surface area contributed by atoms with Gasteiger partial charge < -0.3 is 0 Å². The van der Waals surface area contributed by atoms with Gasteiger partial charge in [0, 0.05) is 17.0 Å².